The van der Waals surface area contributed by atoms with Crippen molar-refractivity contribution < 1.29 is 9.53 Å². The number of alkyl halides is 1. The molecule has 0 bridgehead atoms. The Morgan fingerprint density at radius 2 is 2.27 bits per heavy atom. The molecule has 0 saturated carbocycles. The van der Waals surface area contributed by atoms with Gasteiger partial charge in [-0.1, -0.05) is 13.8 Å². The van der Waals surface area contributed by atoms with E-state index >= 15 is 0 Å². The molecule has 0 spiro atoms. The van der Waals surface area contributed by atoms with Crippen LogP contribution in [0.3, 0.4) is 0 Å². The maximum absolute atomic E-state index is 11.9. The van der Waals surface area contributed by atoms with Gasteiger partial charge in [-0.15, -0.1) is 11.6 Å². The summed E-state index contributed by atoms with van der Waals surface area (Å²) in [6, 6.07) is 0.0280. The SMILES string of the molecule is CC(C)C(CCl)NC(=O)C1(C)CCCO1. The molecule has 1 rings (SSSR count). The highest BCUT2D eigenvalue weighted by Gasteiger charge is 2.38. The first-order valence-corrected chi connectivity index (χ1v) is 6.04. The second kappa shape index (κ2) is 5.17. The third-order valence-corrected chi connectivity index (χ3v) is 3.32. The van der Waals surface area contributed by atoms with Gasteiger partial charge in [0.05, 0.1) is 0 Å². The van der Waals surface area contributed by atoms with E-state index in [4.69, 9.17) is 16.3 Å². The minimum absolute atomic E-state index is 0.0280. The number of halogens is 1. The Bertz CT molecular complexity index is 225. The predicted octanol–water partition coefficient (Wildman–Crippen LogP) is 1.94. The number of amides is 1. The molecule has 4 heteroatoms. The molecule has 1 fully saturated rings. The van der Waals surface area contributed by atoms with Crippen molar-refractivity contribution in [3.05, 3.63) is 0 Å². The van der Waals surface area contributed by atoms with Gasteiger partial charge in [0, 0.05) is 18.5 Å². The molecule has 0 radical (unpaired) electrons. The number of carbonyl (C=O) groups excluding carboxylic acids is 1. The van der Waals surface area contributed by atoms with E-state index in [9.17, 15) is 4.79 Å². The highest BCUT2D eigenvalue weighted by molar-refractivity contribution is 6.18. The molecule has 0 aliphatic carbocycles. The lowest BCUT2D eigenvalue weighted by atomic mass is 9.99. The van der Waals surface area contributed by atoms with E-state index in [2.05, 4.69) is 5.32 Å². The van der Waals surface area contributed by atoms with Crippen LogP contribution in [0.5, 0.6) is 0 Å². The highest BCUT2D eigenvalue weighted by Crippen LogP contribution is 2.25. The van der Waals surface area contributed by atoms with E-state index in [0.717, 1.165) is 12.8 Å². The summed E-state index contributed by atoms with van der Waals surface area (Å²) in [4.78, 5) is 11.9. The average Bonchev–Trinajstić information content (AvgIpc) is 2.61. The van der Waals surface area contributed by atoms with Gasteiger partial charge in [-0.2, -0.15) is 0 Å². The Hall–Kier alpha value is -0.280. The summed E-state index contributed by atoms with van der Waals surface area (Å²) in [7, 11) is 0. The van der Waals surface area contributed by atoms with E-state index < -0.39 is 5.60 Å². The summed E-state index contributed by atoms with van der Waals surface area (Å²) in [5, 5.41) is 2.95. The minimum Gasteiger partial charge on any atom is -0.365 e. The number of hydrogen-bond donors (Lipinski definition) is 1. The summed E-state index contributed by atoms with van der Waals surface area (Å²) < 4.78 is 5.47. The summed E-state index contributed by atoms with van der Waals surface area (Å²) in [5.41, 5.74) is -0.640. The molecule has 1 heterocycles. The second-order valence-corrected chi connectivity index (χ2v) is 4.97. The van der Waals surface area contributed by atoms with Crippen LogP contribution >= 0.6 is 11.6 Å². The lowest BCUT2D eigenvalue weighted by Crippen LogP contribution is -2.50. The van der Waals surface area contributed by atoms with E-state index in [-0.39, 0.29) is 11.9 Å². The van der Waals surface area contributed by atoms with Crippen molar-refractivity contribution in [1.82, 2.24) is 5.32 Å². The average molecular weight is 234 g/mol. The van der Waals surface area contributed by atoms with Crippen molar-refractivity contribution in [3.63, 3.8) is 0 Å². The van der Waals surface area contributed by atoms with Crippen molar-refractivity contribution in [2.24, 2.45) is 5.92 Å². The Morgan fingerprint density at radius 1 is 1.60 bits per heavy atom. The molecule has 1 amide bonds. The van der Waals surface area contributed by atoms with Crippen molar-refractivity contribution >= 4 is 17.5 Å². The largest absolute Gasteiger partial charge is 0.365 e. The van der Waals surface area contributed by atoms with Crippen molar-refractivity contribution in [2.75, 3.05) is 12.5 Å². The molecule has 0 aromatic carbocycles. The molecule has 2 atom stereocenters. The summed E-state index contributed by atoms with van der Waals surface area (Å²) >= 11 is 5.80. The topological polar surface area (TPSA) is 38.3 Å². The van der Waals surface area contributed by atoms with Crippen LogP contribution in [0.1, 0.15) is 33.6 Å². The third-order valence-electron chi connectivity index (χ3n) is 2.99. The lowest BCUT2D eigenvalue weighted by molar-refractivity contribution is -0.140. The fourth-order valence-electron chi connectivity index (χ4n) is 1.66. The Kier molecular flexibility index (Phi) is 4.41. The molecule has 1 N–H and O–H groups in total. The van der Waals surface area contributed by atoms with Gasteiger partial charge >= 0.3 is 0 Å². The van der Waals surface area contributed by atoms with Gasteiger partial charge in [0.2, 0.25) is 0 Å². The van der Waals surface area contributed by atoms with Gasteiger partial charge < -0.3 is 10.1 Å². The molecule has 1 aliphatic heterocycles. The fraction of sp³-hybridized carbons (Fsp3) is 0.909. The van der Waals surface area contributed by atoms with Crippen LogP contribution in [0.4, 0.5) is 0 Å². The summed E-state index contributed by atoms with van der Waals surface area (Å²) in [6.45, 7) is 6.62. The molecule has 88 valence electrons. The quantitative estimate of drug-likeness (QED) is 0.754. The normalized spacial score (nSPS) is 28.1. The molecule has 0 aromatic heterocycles. The maximum Gasteiger partial charge on any atom is 0.252 e. The maximum atomic E-state index is 11.9. The third kappa shape index (κ3) is 3.08. The highest BCUT2D eigenvalue weighted by atomic mass is 35.5. The molecule has 3 nitrogen and oxygen atoms in total. The number of hydrogen-bond acceptors (Lipinski definition) is 2. The van der Waals surface area contributed by atoms with Gasteiger partial charge in [-0.05, 0) is 25.7 Å². The molecule has 1 aliphatic rings. The number of nitrogens with one attached hydrogen (secondary N) is 1. The summed E-state index contributed by atoms with van der Waals surface area (Å²) in [6.07, 6.45) is 1.75. The van der Waals surface area contributed by atoms with E-state index in [1.807, 2.05) is 20.8 Å². The van der Waals surface area contributed by atoms with Crippen molar-refractivity contribution in [1.29, 1.82) is 0 Å². The first kappa shape index (κ1) is 12.8. The van der Waals surface area contributed by atoms with Crippen LogP contribution < -0.4 is 5.32 Å². The van der Waals surface area contributed by atoms with Gasteiger partial charge in [0.25, 0.3) is 5.91 Å². The van der Waals surface area contributed by atoms with E-state index in [1.54, 1.807) is 0 Å². The monoisotopic (exact) mass is 233 g/mol. The molecule has 2 unspecified atom stereocenters. The smallest absolute Gasteiger partial charge is 0.252 e. The van der Waals surface area contributed by atoms with Crippen LogP contribution in [0.2, 0.25) is 0 Å². The Labute approximate surface area is 96.5 Å². The number of rotatable bonds is 4. The van der Waals surface area contributed by atoms with Gasteiger partial charge in [0.15, 0.2) is 0 Å². The first-order valence-electron chi connectivity index (χ1n) is 5.50. The molecule has 1 saturated heterocycles. The molecule has 15 heavy (non-hydrogen) atoms. The summed E-state index contributed by atoms with van der Waals surface area (Å²) in [5.74, 6) is 0.759. The fourth-order valence-corrected chi connectivity index (χ4v) is 2.10. The van der Waals surface area contributed by atoms with Gasteiger partial charge in [-0.25, -0.2) is 0 Å². The molecular weight excluding hydrogens is 214 g/mol. The standard InChI is InChI=1S/C11H20ClNO2/c1-8(2)9(7-12)13-10(14)11(3)5-4-6-15-11/h8-9H,4-7H2,1-3H3,(H,13,14). The molecule has 0 aromatic rings. The zero-order valence-electron chi connectivity index (χ0n) is 9.68. The Balaban J connectivity index is 2.53. The predicted molar refractivity (Wildman–Crippen MR) is 61.1 cm³/mol. The van der Waals surface area contributed by atoms with Crippen LogP contribution in [0, 0.1) is 5.92 Å². The zero-order chi connectivity index (χ0) is 11.5. The van der Waals surface area contributed by atoms with E-state index in [0.29, 0.717) is 18.4 Å². The van der Waals surface area contributed by atoms with Gasteiger partial charge in [-0.3, -0.25) is 4.79 Å². The first-order chi connectivity index (χ1) is 6.99. The van der Waals surface area contributed by atoms with Crippen molar-refractivity contribution in [2.45, 2.75) is 45.3 Å². The van der Waals surface area contributed by atoms with Gasteiger partial charge in [0.1, 0.15) is 5.60 Å². The van der Waals surface area contributed by atoms with Crippen LogP contribution in [0.25, 0.3) is 0 Å². The van der Waals surface area contributed by atoms with Crippen LogP contribution in [0.15, 0.2) is 0 Å². The Morgan fingerprint density at radius 3 is 2.67 bits per heavy atom. The lowest BCUT2D eigenvalue weighted by Gasteiger charge is -2.27. The molecular formula is C11H20ClNO2. The van der Waals surface area contributed by atoms with Crippen molar-refractivity contribution in [3.8, 4) is 0 Å². The zero-order valence-corrected chi connectivity index (χ0v) is 10.4. The minimum atomic E-state index is -0.640. The van der Waals surface area contributed by atoms with Crippen LogP contribution in [-0.4, -0.2) is 30.0 Å². The van der Waals surface area contributed by atoms with E-state index in [1.165, 1.54) is 0 Å². The number of carbonyl (C=O) groups is 1. The second-order valence-electron chi connectivity index (χ2n) is 4.66. The number of ether oxygens (including phenoxy) is 1. The van der Waals surface area contributed by atoms with Crippen LogP contribution in [-0.2, 0) is 9.53 Å².